The SMILES string of the molecule is CCOc1ccccc1N1C(=O)/C(=C/c2cc(OC)c(OC)c(OC)c2)SC1=S. The van der Waals surface area contributed by atoms with Crippen LogP contribution in [0.2, 0.25) is 0 Å². The van der Waals surface area contributed by atoms with E-state index in [1.807, 2.05) is 31.2 Å². The summed E-state index contributed by atoms with van der Waals surface area (Å²) in [4.78, 5) is 15.1. The van der Waals surface area contributed by atoms with Crippen LogP contribution in [0.5, 0.6) is 23.0 Å². The van der Waals surface area contributed by atoms with Gasteiger partial charge >= 0.3 is 0 Å². The van der Waals surface area contributed by atoms with Crippen LogP contribution in [0.3, 0.4) is 0 Å². The third-order valence-corrected chi connectivity index (χ3v) is 5.49. The van der Waals surface area contributed by atoms with Gasteiger partial charge in [-0.05, 0) is 42.8 Å². The number of amides is 1. The Bertz CT molecular complexity index is 948. The summed E-state index contributed by atoms with van der Waals surface area (Å²) < 4.78 is 22.2. The number of benzene rings is 2. The van der Waals surface area contributed by atoms with Crippen LogP contribution in [-0.4, -0.2) is 38.2 Å². The van der Waals surface area contributed by atoms with Crippen molar-refractivity contribution in [3.8, 4) is 23.0 Å². The Hall–Kier alpha value is -2.71. The molecule has 0 unspecified atom stereocenters. The highest BCUT2D eigenvalue weighted by atomic mass is 32.2. The van der Waals surface area contributed by atoms with Gasteiger partial charge in [-0.15, -0.1) is 0 Å². The Morgan fingerprint density at radius 1 is 1.03 bits per heavy atom. The Morgan fingerprint density at radius 2 is 1.69 bits per heavy atom. The zero-order chi connectivity index (χ0) is 21.0. The van der Waals surface area contributed by atoms with Gasteiger partial charge in [-0.25, -0.2) is 0 Å². The van der Waals surface area contributed by atoms with Crippen LogP contribution in [0.4, 0.5) is 5.69 Å². The van der Waals surface area contributed by atoms with Gasteiger partial charge in [0.25, 0.3) is 5.91 Å². The molecule has 1 aliphatic heterocycles. The van der Waals surface area contributed by atoms with Gasteiger partial charge in [-0.1, -0.05) is 36.1 Å². The van der Waals surface area contributed by atoms with Crippen LogP contribution >= 0.6 is 24.0 Å². The number of thiocarbonyl (C=S) groups is 1. The maximum absolute atomic E-state index is 13.1. The van der Waals surface area contributed by atoms with E-state index in [1.54, 1.807) is 39.5 Å². The minimum Gasteiger partial charge on any atom is -0.493 e. The number of carbonyl (C=O) groups excluding carboxylic acids is 1. The lowest BCUT2D eigenvalue weighted by Crippen LogP contribution is -2.28. The molecule has 6 nitrogen and oxygen atoms in total. The molecular weight excluding hydrogens is 410 g/mol. The van der Waals surface area contributed by atoms with Crippen molar-refractivity contribution in [2.75, 3.05) is 32.8 Å². The van der Waals surface area contributed by atoms with Crippen molar-refractivity contribution in [1.82, 2.24) is 0 Å². The molecule has 2 aromatic carbocycles. The lowest BCUT2D eigenvalue weighted by atomic mass is 10.1. The molecule has 152 valence electrons. The molecule has 0 bridgehead atoms. The van der Waals surface area contributed by atoms with E-state index in [4.69, 9.17) is 31.2 Å². The molecule has 3 rings (SSSR count). The molecule has 1 amide bonds. The molecule has 8 heteroatoms. The summed E-state index contributed by atoms with van der Waals surface area (Å²) in [6.07, 6.45) is 1.76. The van der Waals surface area contributed by atoms with Gasteiger partial charge in [0.1, 0.15) is 5.75 Å². The number of methoxy groups -OCH3 is 3. The number of ether oxygens (including phenoxy) is 4. The maximum atomic E-state index is 13.1. The minimum absolute atomic E-state index is 0.207. The summed E-state index contributed by atoms with van der Waals surface area (Å²) in [5.74, 6) is 1.91. The molecule has 1 fully saturated rings. The first-order valence-electron chi connectivity index (χ1n) is 8.83. The number of hydrogen-bond acceptors (Lipinski definition) is 7. The van der Waals surface area contributed by atoms with E-state index in [9.17, 15) is 4.79 Å². The van der Waals surface area contributed by atoms with Gasteiger partial charge in [0.05, 0.1) is 38.5 Å². The summed E-state index contributed by atoms with van der Waals surface area (Å²) >= 11 is 6.71. The highest BCUT2D eigenvalue weighted by Crippen LogP contribution is 2.42. The molecule has 0 atom stereocenters. The monoisotopic (exact) mass is 431 g/mol. The Balaban J connectivity index is 1.99. The van der Waals surface area contributed by atoms with Gasteiger partial charge < -0.3 is 18.9 Å². The van der Waals surface area contributed by atoms with E-state index < -0.39 is 0 Å². The second kappa shape index (κ2) is 9.19. The van der Waals surface area contributed by atoms with Crippen molar-refractivity contribution >= 4 is 46.0 Å². The first kappa shape index (κ1) is 21.0. The van der Waals surface area contributed by atoms with Gasteiger partial charge in [0, 0.05) is 0 Å². The second-order valence-corrected chi connectivity index (χ2v) is 7.55. The lowest BCUT2D eigenvalue weighted by molar-refractivity contribution is -0.113. The first-order chi connectivity index (χ1) is 14.0. The average molecular weight is 432 g/mol. The van der Waals surface area contributed by atoms with Crippen molar-refractivity contribution in [3.05, 3.63) is 46.9 Å². The normalized spacial score (nSPS) is 15.0. The predicted molar refractivity (Wildman–Crippen MR) is 119 cm³/mol. The van der Waals surface area contributed by atoms with Gasteiger partial charge in [-0.3, -0.25) is 9.69 Å². The summed E-state index contributed by atoms with van der Waals surface area (Å²) in [5, 5.41) is 0. The second-order valence-electron chi connectivity index (χ2n) is 5.88. The van der Waals surface area contributed by atoms with Gasteiger partial charge in [-0.2, -0.15) is 0 Å². The average Bonchev–Trinajstić information content (AvgIpc) is 3.00. The topological polar surface area (TPSA) is 57.2 Å². The molecule has 0 N–H and O–H groups in total. The molecule has 1 aliphatic rings. The standard InChI is InChI=1S/C21H21NO5S2/c1-5-27-15-9-7-6-8-14(15)22-20(23)18(29-21(22)28)12-13-10-16(24-2)19(26-4)17(11-13)25-3/h6-12H,5H2,1-4H3/b18-12-. The van der Waals surface area contributed by atoms with Crippen molar-refractivity contribution < 1.29 is 23.7 Å². The number of anilines is 1. The molecule has 1 heterocycles. The van der Waals surface area contributed by atoms with E-state index in [0.717, 1.165) is 5.56 Å². The molecule has 0 saturated carbocycles. The van der Waals surface area contributed by atoms with Crippen molar-refractivity contribution in [3.63, 3.8) is 0 Å². The quantitative estimate of drug-likeness (QED) is 0.472. The molecule has 0 radical (unpaired) electrons. The van der Waals surface area contributed by atoms with Crippen molar-refractivity contribution in [1.29, 1.82) is 0 Å². The number of rotatable bonds is 7. The molecule has 29 heavy (non-hydrogen) atoms. The van der Waals surface area contributed by atoms with Gasteiger partial charge in [0.2, 0.25) is 5.75 Å². The molecular formula is C21H21NO5S2. The maximum Gasteiger partial charge on any atom is 0.270 e. The van der Waals surface area contributed by atoms with E-state index in [0.29, 0.717) is 44.5 Å². The van der Waals surface area contributed by atoms with Crippen molar-refractivity contribution in [2.24, 2.45) is 0 Å². The van der Waals surface area contributed by atoms with Crippen LogP contribution in [0.1, 0.15) is 12.5 Å². The van der Waals surface area contributed by atoms with E-state index in [1.165, 1.54) is 16.7 Å². The highest BCUT2D eigenvalue weighted by Gasteiger charge is 2.35. The van der Waals surface area contributed by atoms with Crippen LogP contribution in [0.15, 0.2) is 41.3 Å². The number of carbonyl (C=O) groups is 1. The smallest absolute Gasteiger partial charge is 0.270 e. The Labute approximate surface area is 179 Å². The van der Waals surface area contributed by atoms with E-state index >= 15 is 0 Å². The summed E-state index contributed by atoms with van der Waals surface area (Å²) in [6.45, 7) is 2.39. The number of para-hydroxylation sites is 2. The third kappa shape index (κ3) is 4.18. The summed E-state index contributed by atoms with van der Waals surface area (Å²) in [6, 6.07) is 10.9. The molecule has 0 spiro atoms. The summed E-state index contributed by atoms with van der Waals surface area (Å²) in [7, 11) is 4.64. The first-order valence-corrected chi connectivity index (χ1v) is 10.1. The number of thioether (sulfide) groups is 1. The zero-order valence-corrected chi connectivity index (χ0v) is 18.2. The van der Waals surface area contributed by atoms with Crippen molar-refractivity contribution in [2.45, 2.75) is 6.92 Å². The third-order valence-electron chi connectivity index (χ3n) is 4.18. The van der Waals surface area contributed by atoms with Crippen LogP contribution in [0, 0.1) is 0 Å². The fraction of sp³-hybridized carbons (Fsp3) is 0.238. The van der Waals surface area contributed by atoms with Crippen LogP contribution in [0.25, 0.3) is 6.08 Å². The Kier molecular flexibility index (Phi) is 6.66. The fourth-order valence-electron chi connectivity index (χ4n) is 2.93. The fourth-order valence-corrected chi connectivity index (χ4v) is 4.22. The largest absolute Gasteiger partial charge is 0.493 e. The molecule has 0 aromatic heterocycles. The summed E-state index contributed by atoms with van der Waals surface area (Å²) in [5.41, 5.74) is 1.36. The van der Waals surface area contributed by atoms with Crippen LogP contribution < -0.4 is 23.8 Å². The molecule has 2 aromatic rings. The van der Waals surface area contributed by atoms with E-state index in [-0.39, 0.29) is 5.91 Å². The molecule has 1 saturated heterocycles. The van der Waals surface area contributed by atoms with Gasteiger partial charge in [0.15, 0.2) is 15.8 Å². The number of hydrogen-bond donors (Lipinski definition) is 0. The molecule has 0 aliphatic carbocycles. The van der Waals surface area contributed by atoms with Crippen LogP contribution in [-0.2, 0) is 4.79 Å². The number of nitrogens with zero attached hydrogens (tertiary/aromatic N) is 1. The van der Waals surface area contributed by atoms with E-state index in [2.05, 4.69) is 0 Å². The Morgan fingerprint density at radius 3 is 2.28 bits per heavy atom. The predicted octanol–water partition coefficient (Wildman–Crippen LogP) is 4.52. The highest BCUT2D eigenvalue weighted by molar-refractivity contribution is 8.27. The zero-order valence-electron chi connectivity index (χ0n) is 16.6. The minimum atomic E-state index is -0.207. The lowest BCUT2D eigenvalue weighted by Gasteiger charge is -2.18.